The van der Waals surface area contributed by atoms with Crippen LogP contribution in [0.4, 0.5) is 0 Å². The molecule has 0 bridgehead atoms. The van der Waals surface area contributed by atoms with E-state index in [-0.39, 0.29) is 13.6 Å². The van der Waals surface area contributed by atoms with Gasteiger partial charge in [0.05, 0.1) is 7.11 Å². The van der Waals surface area contributed by atoms with Crippen LogP contribution in [0.15, 0.2) is 30.9 Å². The molecule has 0 amide bonds. The van der Waals surface area contributed by atoms with Gasteiger partial charge in [-0.15, -0.1) is 6.58 Å². The van der Waals surface area contributed by atoms with Gasteiger partial charge in [0.1, 0.15) is 11.5 Å². The van der Waals surface area contributed by atoms with Crippen molar-refractivity contribution >= 4 is 20.1 Å². The van der Waals surface area contributed by atoms with Crippen molar-refractivity contribution in [1.82, 2.24) is 0 Å². The number of ether oxygens (including phenoxy) is 5. The Balaban J connectivity index is 2.73. The molecule has 1 rings (SSSR count). The first-order valence-electron chi connectivity index (χ1n) is 9.17. The van der Waals surface area contributed by atoms with Gasteiger partial charge in [-0.25, -0.2) is 4.79 Å². The molecule has 0 unspecified atom stereocenters. The van der Waals surface area contributed by atoms with Crippen LogP contribution in [-0.4, -0.2) is 48.5 Å². The van der Waals surface area contributed by atoms with Gasteiger partial charge in [0.15, 0.2) is 13.6 Å². The fourth-order valence-electron chi connectivity index (χ4n) is 2.25. The predicted octanol–water partition coefficient (Wildman–Crippen LogP) is 4.28. The molecule has 1 aromatic rings. The Morgan fingerprint density at radius 2 is 1.89 bits per heavy atom. The highest BCUT2D eigenvalue weighted by Crippen LogP contribution is 2.31. The van der Waals surface area contributed by atoms with E-state index in [4.69, 9.17) is 23.7 Å². The summed E-state index contributed by atoms with van der Waals surface area (Å²) in [5.74, 6) is 0.753. The van der Waals surface area contributed by atoms with Crippen LogP contribution in [-0.2, 0) is 25.4 Å². The number of esters is 1. The summed E-state index contributed by atoms with van der Waals surface area (Å²) >= 11 is 0. The molecule has 0 aliphatic rings. The predicted molar refractivity (Wildman–Crippen MR) is 113 cm³/mol. The second-order valence-corrected chi connectivity index (χ2v) is 13.0. The minimum Gasteiger partial charge on any atom is -0.496 e. The van der Waals surface area contributed by atoms with Crippen LogP contribution in [0.1, 0.15) is 11.1 Å². The zero-order valence-electron chi connectivity index (χ0n) is 17.6. The fraction of sp³-hybridized carbons (Fsp3) is 0.476. The van der Waals surface area contributed by atoms with E-state index in [1.807, 2.05) is 6.07 Å². The Hall–Kier alpha value is -2.09. The summed E-state index contributed by atoms with van der Waals surface area (Å²) in [5, 5.41) is 0. The van der Waals surface area contributed by atoms with Crippen LogP contribution in [0, 0.1) is 0 Å². The van der Waals surface area contributed by atoms with E-state index in [1.54, 1.807) is 32.4 Å². The first kappa shape index (κ1) is 23.9. The standard InChI is InChI=1S/C21H32O6Si/c1-7-8-17-13-18(19(24-3)14-20(17)26-15-23-2)9-10-21(22)27-16-25-11-12-28(4,5)6/h7,9-10,13-14H,1,8,11-12,15-16H2,2-6H3/b10-9+. The van der Waals surface area contributed by atoms with Gasteiger partial charge in [-0.1, -0.05) is 25.7 Å². The van der Waals surface area contributed by atoms with Gasteiger partial charge in [-0.05, 0) is 30.2 Å². The summed E-state index contributed by atoms with van der Waals surface area (Å²) in [5.41, 5.74) is 1.65. The van der Waals surface area contributed by atoms with Crippen LogP contribution >= 0.6 is 0 Å². The lowest BCUT2D eigenvalue weighted by atomic mass is 10.0. The van der Waals surface area contributed by atoms with Crippen molar-refractivity contribution < 1.29 is 28.5 Å². The van der Waals surface area contributed by atoms with Crippen LogP contribution in [0.2, 0.25) is 25.7 Å². The summed E-state index contributed by atoms with van der Waals surface area (Å²) in [7, 11) is 1.97. The second kappa shape index (κ2) is 12.4. The van der Waals surface area contributed by atoms with Crippen molar-refractivity contribution in [2.45, 2.75) is 32.1 Å². The third-order valence-corrected chi connectivity index (χ3v) is 5.49. The highest BCUT2D eigenvalue weighted by atomic mass is 28.3. The van der Waals surface area contributed by atoms with Crippen molar-refractivity contribution in [3.8, 4) is 11.5 Å². The number of hydrogen-bond acceptors (Lipinski definition) is 6. The third kappa shape index (κ3) is 9.21. The van der Waals surface area contributed by atoms with E-state index in [1.165, 1.54) is 6.08 Å². The lowest BCUT2D eigenvalue weighted by molar-refractivity contribution is -0.149. The normalized spacial score (nSPS) is 11.5. The van der Waals surface area contributed by atoms with E-state index >= 15 is 0 Å². The smallest absolute Gasteiger partial charge is 0.332 e. The Morgan fingerprint density at radius 3 is 2.50 bits per heavy atom. The number of carbonyl (C=O) groups is 1. The third-order valence-electron chi connectivity index (χ3n) is 3.79. The van der Waals surface area contributed by atoms with Crippen molar-refractivity contribution in [3.05, 3.63) is 42.0 Å². The number of carbonyl (C=O) groups excluding carboxylic acids is 1. The molecule has 0 saturated heterocycles. The van der Waals surface area contributed by atoms with Crippen LogP contribution < -0.4 is 9.47 Å². The Labute approximate surface area is 169 Å². The van der Waals surface area contributed by atoms with Gasteiger partial charge in [-0.2, -0.15) is 0 Å². The number of benzene rings is 1. The molecule has 156 valence electrons. The summed E-state index contributed by atoms with van der Waals surface area (Å²) in [6, 6.07) is 4.68. The first-order chi connectivity index (χ1) is 13.3. The van der Waals surface area contributed by atoms with Crippen LogP contribution in [0.25, 0.3) is 6.08 Å². The molecule has 0 saturated carbocycles. The molecule has 0 heterocycles. The highest BCUT2D eigenvalue weighted by Gasteiger charge is 2.12. The average molecular weight is 409 g/mol. The van der Waals surface area contributed by atoms with Gasteiger partial charge in [0, 0.05) is 39.5 Å². The SMILES string of the molecule is C=CCc1cc(/C=C/C(=O)OCOCC[Si](C)(C)C)c(OC)cc1OCOC. The zero-order chi connectivity index (χ0) is 21.0. The molecule has 6 nitrogen and oxygen atoms in total. The van der Waals surface area contributed by atoms with E-state index < -0.39 is 14.0 Å². The minimum atomic E-state index is -1.15. The molecule has 0 fully saturated rings. The topological polar surface area (TPSA) is 63.2 Å². The van der Waals surface area contributed by atoms with Gasteiger partial charge >= 0.3 is 5.97 Å². The maximum absolute atomic E-state index is 11.9. The summed E-state index contributed by atoms with van der Waals surface area (Å²) in [6.45, 7) is 11.3. The zero-order valence-corrected chi connectivity index (χ0v) is 18.6. The molecule has 0 atom stereocenters. The largest absolute Gasteiger partial charge is 0.496 e. The molecule has 1 aromatic carbocycles. The number of hydrogen-bond donors (Lipinski definition) is 0. The van der Waals surface area contributed by atoms with E-state index in [9.17, 15) is 4.79 Å². The quantitative estimate of drug-likeness (QED) is 0.121. The van der Waals surface area contributed by atoms with E-state index in [2.05, 4.69) is 26.2 Å². The molecule has 0 radical (unpaired) electrons. The molecule has 0 N–H and O–H groups in total. The summed E-state index contributed by atoms with van der Waals surface area (Å²) < 4.78 is 26.4. The molecule has 0 aliphatic carbocycles. The summed E-state index contributed by atoms with van der Waals surface area (Å²) in [6.07, 6.45) is 5.39. The Morgan fingerprint density at radius 1 is 1.14 bits per heavy atom. The number of rotatable bonds is 13. The van der Waals surface area contributed by atoms with Crippen molar-refractivity contribution in [2.75, 3.05) is 34.4 Å². The first-order valence-corrected chi connectivity index (χ1v) is 12.9. The van der Waals surface area contributed by atoms with E-state index in [0.29, 0.717) is 24.5 Å². The molecular weight excluding hydrogens is 376 g/mol. The average Bonchev–Trinajstić information content (AvgIpc) is 2.64. The molecular formula is C21H32O6Si. The molecule has 0 aliphatic heterocycles. The lowest BCUT2D eigenvalue weighted by Gasteiger charge is -2.15. The Bertz CT molecular complexity index is 664. The van der Waals surface area contributed by atoms with Gasteiger partial charge in [0.25, 0.3) is 0 Å². The van der Waals surface area contributed by atoms with Crippen LogP contribution in [0.3, 0.4) is 0 Å². The number of allylic oxidation sites excluding steroid dienone is 1. The summed E-state index contributed by atoms with van der Waals surface area (Å²) in [4.78, 5) is 11.9. The van der Waals surface area contributed by atoms with Gasteiger partial charge in [-0.3, -0.25) is 0 Å². The van der Waals surface area contributed by atoms with Gasteiger partial charge < -0.3 is 23.7 Å². The lowest BCUT2D eigenvalue weighted by Crippen LogP contribution is -2.22. The highest BCUT2D eigenvalue weighted by molar-refractivity contribution is 6.76. The maximum Gasteiger partial charge on any atom is 0.332 e. The Kier molecular flexibility index (Phi) is 10.6. The maximum atomic E-state index is 11.9. The minimum absolute atomic E-state index is 0.0453. The molecule has 0 aromatic heterocycles. The van der Waals surface area contributed by atoms with Gasteiger partial charge in [0.2, 0.25) is 0 Å². The van der Waals surface area contributed by atoms with Crippen molar-refractivity contribution in [2.24, 2.45) is 0 Å². The monoisotopic (exact) mass is 408 g/mol. The van der Waals surface area contributed by atoms with Crippen molar-refractivity contribution in [1.29, 1.82) is 0 Å². The van der Waals surface area contributed by atoms with Crippen LogP contribution in [0.5, 0.6) is 11.5 Å². The molecule has 28 heavy (non-hydrogen) atoms. The molecule has 7 heteroatoms. The molecule has 0 spiro atoms. The second-order valence-electron chi connectivity index (χ2n) is 7.38. The number of methoxy groups -OCH3 is 2. The van der Waals surface area contributed by atoms with E-state index in [0.717, 1.165) is 17.2 Å². The van der Waals surface area contributed by atoms with Crippen molar-refractivity contribution in [3.63, 3.8) is 0 Å². The fourth-order valence-corrected chi connectivity index (χ4v) is 3.00.